The highest BCUT2D eigenvalue weighted by atomic mass is 19.4. The van der Waals surface area contributed by atoms with Gasteiger partial charge in [0.1, 0.15) is 25.4 Å². The maximum atomic E-state index is 14.1. The molecule has 50 heavy (non-hydrogen) atoms. The molecule has 2 unspecified atom stereocenters. The molecular weight excluding hydrogens is 649 g/mol. The topological polar surface area (TPSA) is 90.9 Å². The van der Waals surface area contributed by atoms with Crippen LogP contribution in [0.25, 0.3) is 11.1 Å². The zero-order valence-electron chi connectivity index (χ0n) is 28.2. The minimum absolute atomic E-state index is 0.0229. The summed E-state index contributed by atoms with van der Waals surface area (Å²) >= 11 is 0. The number of nitrogens with zero attached hydrogens (tertiary/aromatic N) is 1. The lowest BCUT2D eigenvalue weighted by Gasteiger charge is -2.36. The number of amides is 3. The molecule has 0 fully saturated rings. The summed E-state index contributed by atoms with van der Waals surface area (Å²) in [6.07, 6.45) is -4.75. The van der Waals surface area contributed by atoms with Gasteiger partial charge in [0.05, 0.1) is 25.2 Å². The number of hydrogen-bond donors (Lipinski definition) is 1. The number of carbonyl (C=O) groups is 3. The van der Waals surface area contributed by atoms with Crippen molar-refractivity contribution >= 4 is 18.1 Å². The van der Waals surface area contributed by atoms with Crippen LogP contribution in [0.2, 0.25) is 0 Å². The number of rotatable bonds is 10. The first-order valence-electron chi connectivity index (χ1n) is 16.4. The molecule has 2 atom stereocenters. The Balaban J connectivity index is 1.34. The van der Waals surface area contributed by atoms with Crippen molar-refractivity contribution in [1.29, 1.82) is 0 Å². The first kappa shape index (κ1) is 36.1. The van der Waals surface area contributed by atoms with Gasteiger partial charge in [0.2, 0.25) is 0 Å². The Kier molecular flexibility index (Phi) is 11.3. The minimum Gasteiger partial charge on any atom is -0.489 e. The van der Waals surface area contributed by atoms with Crippen LogP contribution in [0.4, 0.5) is 22.8 Å². The van der Waals surface area contributed by atoms with Crippen molar-refractivity contribution in [3.05, 3.63) is 125 Å². The molecule has 1 heterocycles. The fourth-order valence-electron chi connectivity index (χ4n) is 5.85. The van der Waals surface area contributed by atoms with E-state index >= 15 is 0 Å². The van der Waals surface area contributed by atoms with E-state index < -0.39 is 40.2 Å². The van der Waals surface area contributed by atoms with Gasteiger partial charge in [-0.05, 0) is 58.0 Å². The fourth-order valence-corrected chi connectivity index (χ4v) is 5.85. The summed E-state index contributed by atoms with van der Waals surface area (Å²) in [4.78, 5) is 40.8. The third kappa shape index (κ3) is 8.52. The molecule has 0 saturated heterocycles. The van der Waals surface area contributed by atoms with Crippen molar-refractivity contribution in [1.82, 2.24) is 5.32 Å². The van der Waals surface area contributed by atoms with Crippen LogP contribution in [0, 0.1) is 5.92 Å². The quantitative estimate of drug-likeness (QED) is 0.133. The van der Waals surface area contributed by atoms with Gasteiger partial charge in [-0.25, -0.2) is 4.79 Å². The third-order valence-corrected chi connectivity index (χ3v) is 8.71. The fraction of sp³-hybridized carbons (Fsp3) is 0.308. The van der Waals surface area contributed by atoms with Gasteiger partial charge >= 0.3 is 24.3 Å². The average Bonchev–Trinajstić information content (AvgIpc) is 3.12. The number of benzene rings is 4. The maximum absolute atomic E-state index is 14.1. The van der Waals surface area contributed by atoms with Gasteiger partial charge in [0.25, 0.3) is 0 Å². The summed E-state index contributed by atoms with van der Waals surface area (Å²) in [6.45, 7) is 3.93. The predicted octanol–water partition coefficient (Wildman–Crippen LogP) is 8.28. The third-order valence-electron chi connectivity index (χ3n) is 8.71. The highest BCUT2D eigenvalue weighted by Crippen LogP contribution is 2.32. The lowest BCUT2D eigenvalue weighted by Crippen LogP contribution is -2.63. The summed E-state index contributed by atoms with van der Waals surface area (Å²) in [5.41, 5.74) is 4.05. The van der Waals surface area contributed by atoms with Crippen LogP contribution in [-0.4, -0.2) is 49.4 Å². The number of fused-ring (bicyclic) bond motifs is 1. The number of carbonyl (C=O) groups excluding carboxylic acids is 3. The summed E-state index contributed by atoms with van der Waals surface area (Å²) in [5, 5.41) is 2.85. The molecule has 0 radical (unpaired) electrons. The lowest BCUT2D eigenvalue weighted by atomic mass is 9.96. The number of nitrogens with one attached hydrogen (secondary N) is 1. The van der Waals surface area contributed by atoms with E-state index in [9.17, 15) is 27.6 Å². The van der Waals surface area contributed by atoms with Gasteiger partial charge < -0.3 is 19.5 Å². The van der Waals surface area contributed by atoms with Crippen LogP contribution in [0.5, 0.6) is 5.75 Å². The summed E-state index contributed by atoms with van der Waals surface area (Å²) < 4.78 is 54.8. The maximum Gasteiger partial charge on any atom is 0.525 e. The van der Waals surface area contributed by atoms with Crippen molar-refractivity contribution in [2.75, 3.05) is 26.8 Å². The van der Waals surface area contributed by atoms with Gasteiger partial charge in [-0.2, -0.15) is 18.0 Å². The van der Waals surface area contributed by atoms with E-state index in [0.29, 0.717) is 28.9 Å². The molecule has 262 valence electrons. The molecule has 0 aromatic heterocycles. The smallest absolute Gasteiger partial charge is 0.489 e. The number of hydrogen-bond acceptors (Lipinski definition) is 6. The van der Waals surface area contributed by atoms with Gasteiger partial charge in [0, 0.05) is 18.5 Å². The van der Waals surface area contributed by atoms with Crippen LogP contribution >= 0.6 is 0 Å². The molecule has 0 spiro atoms. The standard InChI is InChI=1S/C39H39F3N2O6/c1-26(2)24-50-38(47)44(37(46)43-22-35(36(45)48-3)31-13-11-29(12-14-31)28-7-5-4-6-8-28)20-19-30-15-18-34(21-32(30)23-44)49-25-27-9-16-33(17-10-27)39(40,41)42/h4-18,21,26,35H,19-20,22-25H2,1-3H3/p+1. The molecule has 3 amide bonds. The van der Waals surface area contributed by atoms with Crippen molar-refractivity contribution < 1.29 is 46.2 Å². The molecular formula is C39H40F3N2O6+. The number of methoxy groups -OCH3 is 1. The number of urea groups is 1. The lowest BCUT2D eigenvalue weighted by molar-refractivity contribution is -0.794. The zero-order valence-corrected chi connectivity index (χ0v) is 28.2. The highest BCUT2D eigenvalue weighted by Gasteiger charge is 2.49. The SMILES string of the molecule is COC(=O)C(CNC(=O)[N+]1(C(=O)OCC(C)C)CCc2ccc(OCc3ccc(C(F)(F)F)cc3)cc2C1)c1ccc(-c2ccccc2)cc1. The second-order valence-electron chi connectivity index (χ2n) is 12.7. The van der Waals surface area contributed by atoms with Crippen LogP contribution < -0.4 is 10.1 Å². The highest BCUT2D eigenvalue weighted by molar-refractivity contribution is 5.82. The monoisotopic (exact) mass is 689 g/mol. The Morgan fingerprint density at radius 2 is 1.54 bits per heavy atom. The van der Waals surface area contributed by atoms with E-state index in [0.717, 1.165) is 28.8 Å². The van der Waals surface area contributed by atoms with Crippen molar-refractivity contribution in [2.24, 2.45) is 5.92 Å². The normalized spacial score (nSPS) is 16.2. The molecule has 1 aliphatic heterocycles. The zero-order chi connectivity index (χ0) is 35.9. The number of ether oxygens (including phenoxy) is 3. The second kappa shape index (κ2) is 15.6. The van der Waals surface area contributed by atoms with E-state index in [2.05, 4.69) is 5.32 Å². The van der Waals surface area contributed by atoms with E-state index in [4.69, 9.17) is 14.2 Å². The minimum atomic E-state index is -4.43. The average molecular weight is 690 g/mol. The van der Waals surface area contributed by atoms with Gasteiger partial charge in [0.15, 0.2) is 0 Å². The first-order chi connectivity index (χ1) is 23.9. The molecule has 4 aromatic carbocycles. The van der Waals surface area contributed by atoms with Gasteiger partial charge in [-0.1, -0.05) is 86.6 Å². The number of halogens is 3. The van der Waals surface area contributed by atoms with Gasteiger partial charge in [-0.15, -0.1) is 4.48 Å². The molecule has 4 aromatic rings. The number of quaternary nitrogens is 1. The number of esters is 1. The van der Waals surface area contributed by atoms with Crippen molar-refractivity contribution in [3.63, 3.8) is 0 Å². The number of imide groups is 1. The Hall–Kier alpha value is -5.16. The Morgan fingerprint density at radius 3 is 2.18 bits per heavy atom. The van der Waals surface area contributed by atoms with E-state index in [-0.39, 0.29) is 38.8 Å². The van der Waals surface area contributed by atoms with Gasteiger partial charge in [-0.3, -0.25) is 4.79 Å². The largest absolute Gasteiger partial charge is 0.525 e. The Labute approximate surface area is 289 Å². The predicted molar refractivity (Wildman–Crippen MR) is 181 cm³/mol. The molecule has 11 heteroatoms. The molecule has 0 saturated carbocycles. The van der Waals surface area contributed by atoms with Crippen LogP contribution in [-0.2, 0) is 40.0 Å². The van der Waals surface area contributed by atoms with Crippen LogP contribution in [0.3, 0.4) is 0 Å². The Morgan fingerprint density at radius 1 is 0.860 bits per heavy atom. The first-order valence-corrected chi connectivity index (χ1v) is 16.4. The van der Waals surface area contributed by atoms with E-state index in [1.807, 2.05) is 74.5 Å². The van der Waals surface area contributed by atoms with E-state index in [1.165, 1.54) is 19.2 Å². The number of alkyl halides is 3. The van der Waals surface area contributed by atoms with Crippen molar-refractivity contribution in [3.8, 4) is 16.9 Å². The summed E-state index contributed by atoms with van der Waals surface area (Å²) in [7, 11) is 1.28. The van der Waals surface area contributed by atoms with Crippen LogP contribution in [0.1, 0.15) is 47.6 Å². The molecule has 8 nitrogen and oxygen atoms in total. The summed E-state index contributed by atoms with van der Waals surface area (Å²) in [5.74, 6) is -0.899. The summed E-state index contributed by atoms with van der Waals surface area (Å²) in [6, 6.07) is 26.7. The second-order valence-corrected chi connectivity index (χ2v) is 12.7. The Bertz CT molecular complexity index is 1790. The molecule has 5 rings (SSSR count). The van der Waals surface area contributed by atoms with Crippen LogP contribution in [0.15, 0.2) is 97.1 Å². The molecule has 0 bridgehead atoms. The molecule has 1 N–H and O–H groups in total. The van der Waals surface area contributed by atoms with Crippen molar-refractivity contribution in [2.45, 2.75) is 45.5 Å². The molecule has 1 aliphatic rings. The van der Waals surface area contributed by atoms with E-state index in [1.54, 1.807) is 12.1 Å². The molecule has 0 aliphatic carbocycles.